The number of anilines is 1. The lowest BCUT2D eigenvalue weighted by atomic mass is 10.1. The molecule has 0 spiro atoms. The number of amides is 2. The molecule has 5 heteroatoms. The first-order valence-electron chi connectivity index (χ1n) is 7.91. The second kappa shape index (κ2) is 8.26. The van der Waals surface area contributed by atoms with E-state index in [9.17, 15) is 14.7 Å². The molecular formula is C19H22N2O3. The number of para-hydroxylation sites is 1. The highest BCUT2D eigenvalue weighted by Gasteiger charge is 2.23. The van der Waals surface area contributed by atoms with E-state index in [1.54, 1.807) is 31.2 Å². The van der Waals surface area contributed by atoms with Gasteiger partial charge >= 0.3 is 11.8 Å². The molecule has 24 heavy (non-hydrogen) atoms. The first-order chi connectivity index (χ1) is 11.5. The van der Waals surface area contributed by atoms with Gasteiger partial charge in [0.05, 0.1) is 12.6 Å². The van der Waals surface area contributed by atoms with Gasteiger partial charge in [-0.3, -0.25) is 9.59 Å². The third-order valence-electron chi connectivity index (χ3n) is 3.75. The van der Waals surface area contributed by atoms with Crippen LogP contribution in [0.3, 0.4) is 0 Å². The van der Waals surface area contributed by atoms with Crippen LogP contribution in [0.1, 0.15) is 24.2 Å². The zero-order valence-corrected chi connectivity index (χ0v) is 13.9. The first-order valence-corrected chi connectivity index (χ1v) is 7.91. The minimum atomic E-state index is -0.834. The summed E-state index contributed by atoms with van der Waals surface area (Å²) >= 11 is 0. The summed E-state index contributed by atoms with van der Waals surface area (Å²) in [4.78, 5) is 25.7. The fraction of sp³-hybridized carbons (Fsp3) is 0.263. The zero-order chi connectivity index (χ0) is 17.5. The van der Waals surface area contributed by atoms with Gasteiger partial charge < -0.3 is 15.3 Å². The Balaban J connectivity index is 2.00. The highest BCUT2D eigenvalue weighted by Crippen LogP contribution is 2.15. The van der Waals surface area contributed by atoms with Crippen LogP contribution >= 0.6 is 0 Å². The molecule has 126 valence electrons. The van der Waals surface area contributed by atoms with Crippen LogP contribution in [0.25, 0.3) is 0 Å². The molecule has 0 saturated heterocycles. The number of aliphatic hydroxyl groups is 1. The maximum Gasteiger partial charge on any atom is 0.313 e. The third-order valence-corrected chi connectivity index (χ3v) is 3.75. The van der Waals surface area contributed by atoms with Crippen LogP contribution in [0.5, 0.6) is 0 Å². The van der Waals surface area contributed by atoms with Gasteiger partial charge in [0.2, 0.25) is 0 Å². The van der Waals surface area contributed by atoms with Gasteiger partial charge in [-0.15, -0.1) is 0 Å². The highest BCUT2D eigenvalue weighted by molar-refractivity contribution is 6.39. The van der Waals surface area contributed by atoms with Crippen molar-refractivity contribution in [2.45, 2.75) is 20.0 Å². The number of carbonyl (C=O) groups is 2. The number of hydrogen-bond acceptors (Lipinski definition) is 3. The van der Waals surface area contributed by atoms with E-state index in [0.717, 1.165) is 11.1 Å². The Labute approximate surface area is 141 Å². The summed E-state index contributed by atoms with van der Waals surface area (Å²) < 4.78 is 0. The van der Waals surface area contributed by atoms with Crippen LogP contribution in [0.15, 0.2) is 54.6 Å². The molecule has 5 nitrogen and oxygen atoms in total. The molecule has 0 heterocycles. The van der Waals surface area contributed by atoms with Gasteiger partial charge in [0, 0.05) is 12.2 Å². The van der Waals surface area contributed by atoms with Crippen LogP contribution < -0.4 is 5.32 Å². The fourth-order valence-electron chi connectivity index (χ4n) is 2.31. The van der Waals surface area contributed by atoms with Crippen molar-refractivity contribution in [1.82, 2.24) is 4.90 Å². The van der Waals surface area contributed by atoms with E-state index < -0.39 is 17.9 Å². The van der Waals surface area contributed by atoms with E-state index in [-0.39, 0.29) is 6.54 Å². The number of nitrogens with zero attached hydrogens (tertiary/aromatic N) is 1. The van der Waals surface area contributed by atoms with Crippen LogP contribution in [-0.4, -0.2) is 34.9 Å². The van der Waals surface area contributed by atoms with E-state index in [2.05, 4.69) is 5.32 Å². The summed E-state index contributed by atoms with van der Waals surface area (Å²) in [5.41, 5.74) is 2.37. The zero-order valence-electron chi connectivity index (χ0n) is 13.9. The molecule has 0 aromatic heterocycles. The van der Waals surface area contributed by atoms with Gasteiger partial charge in [0.1, 0.15) is 0 Å². The average Bonchev–Trinajstić information content (AvgIpc) is 2.60. The summed E-state index contributed by atoms with van der Waals surface area (Å²) in [6.07, 6.45) is -0.834. The average molecular weight is 326 g/mol. The minimum Gasteiger partial charge on any atom is -0.387 e. The van der Waals surface area contributed by atoms with Gasteiger partial charge in [-0.25, -0.2) is 0 Å². The van der Waals surface area contributed by atoms with Crippen molar-refractivity contribution in [2.24, 2.45) is 0 Å². The Morgan fingerprint density at radius 3 is 2.29 bits per heavy atom. The third kappa shape index (κ3) is 4.67. The lowest BCUT2D eigenvalue weighted by Gasteiger charge is -2.23. The Morgan fingerprint density at radius 2 is 1.71 bits per heavy atom. The molecule has 2 amide bonds. The second-order valence-corrected chi connectivity index (χ2v) is 5.59. The molecule has 0 aliphatic carbocycles. The van der Waals surface area contributed by atoms with Gasteiger partial charge in [-0.1, -0.05) is 48.0 Å². The number of rotatable bonds is 5. The number of likely N-dealkylation sites (N-methyl/N-ethyl adjacent to an activating group) is 1. The van der Waals surface area contributed by atoms with E-state index in [4.69, 9.17) is 0 Å². The van der Waals surface area contributed by atoms with Crippen molar-refractivity contribution < 1.29 is 14.7 Å². The standard InChI is InChI=1S/C19H22N2O3/c1-3-21(13-17(22)15-11-9-14(2)10-12-15)19(24)18(23)20-16-7-5-4-6-8-16/h4-12,17,22H,3,13H2,1-2H3,(H,20,23). The number of benzene rings is 2. The molecule has 2 aromatic carbocycles. The topological polar surface area (TPSA) is 69.6 Å². The summed E-state index contributed by atoms with van der Waals surface area (Å²) in [6, 6.07) is 16.2. The van der Waals surface area contributed by atoms with Crippen LogP contribution in [0.2, 0.25) is 0 Å². The van der Waals surface area contributed by atoms with Crippen LogP contribution in [0, 0.1) is 6.92 Å². The number of hydrogen-bond donors (Lipinski definition) is 2. The predicted molar refractivity (Wildman–Crippen MR) is 93.5 cm³/mol. The maximum absolute atomic E-state index is 12.3. The van der Waals surface area contributed by atoms with Crippen LogP contribution in [0.4, 0.5) is 5.69 Å². The van der Waals surface area contributed by atoms with E-state index in [1.807, 2.05) is 37.3 Å². The minimum absolute atomic E-state index is 0.0700. The van der Waals surface area contributed by atoms with Gasteiger partial charge in [-0.2, -0.15) is 0 Å². The summed E-state index contributed by atoms with van der Waals surface area (Å²) in [7, 11) is 0. The molecule has 2 N–H and O–H groups in total. The lowest BCUT2D eigenvalue weighted by Crippen LogP contribution is -2.41. The van der Waals surface area contributed by atoms with E-state index >= 15 is 0 Å². The molecule has 0 radical (unpaired) electrons. The molecule has 0 bridgehead atoms. The first kappa shape index (κ1) is 17.7. The van der Waals surface area contributed by atoms with Gasteiger partial charge in [0.25, 0.3) is 0 Å². The molecule has 0 fully saturated rings. The normalized spacial score (nSPS) is 11.6. The van der Waals surface area contributed by atoms with Crippen molar-refractivity contribution in [2.75, 3.05) is 18.4 Å². The summed E-state index contributed by atoms with van der Waals surface area (Å²) in [5.74, 6) is -1.37. The van der Waals surface area contributed by atoms with Gasteiger partial charge in [-0.05, 0) is 31.5 Å². The lowest BCUT2D eigenvalue weighted by molar-refractivity contribution is -0.143. The Kier molecular flexibility index (Phi) is 6.09. The maximum atomic E-state index is 12.3. The van der Waals surface area contributed by atoms with Crippen molar-refractivity contribution in [3.05, 3.63) is 65.7 Å². The molecule has 1 atom stereocenters. The molecule has 0 saturated carbocycles. The Bertz CT molecular complexity index is 684. The largest absolute Gasteiger partial charge is 0.387 e. The number of aliphatic hydroxyl groups excluding tert-OH is 1. The SMILES string of the molecule is CCN(CC(O)c1ccc(C)cc1)C(=O)C(=O)Nc1ccccc1. The summed E-state index contributed by atoms with van der Waals surface area (Å²) in [6.45, 7) is 4.14. The summed E-state index contributed by atoms with van der Waals surface area (Å²) in [5, 5.41) is 12.9. The number of nitrogens with one attached hydrogen (secondary N) is 1. The monoisotopic (exact) mass is 326 g/mol. The van der Waals surface area contributed by atoms with Crippen molar-refractivity contribution in [3.8, 4) is 0 Å². The molecular weight excluding hydrogens is 304 g/mol. The molecule has 1 unspecified atom stereocenters. The van der Waals surface area contributed by atoms with Crippen molar-refractivity contribution in [3.63, 3.8) is 0 Å². The predicted octanol–water partition coefficient (Wildman–Crippen LogP) is 2.52. The van der Waals surface area contributed by atoms with E-state index in [1.165, 1.54) is 4.90 Å². The smallest absolute Gasteiger partial charge is 0.313 e. The molecule has 2 rings (SSSR count). The quantitative estimate of drug-likeness (QED) is 0.830. The van der Waals surface area contributed by atoms with Gasteiger partial charge in [0.15, 0.2) is 0 Å². The van der Waals surface area contributed by atoms with Crippen LogP contribution in [-0.2, 0) is 9.59 Å². The Morgan fingerprint density at radius 1 is 1.08 bits per heavy atom. The highest BCUT2D eigenvalue weighted by atomic mass is 16.3. The van der Waals surface area contributed by atoms with Crippen molar-refractivity contribution in [1.29, 1.82) is 0 Å². The molecule has 0 aliphatic rings. The Hall–Kier alpha value is -2.66. The van der Waals surface area contributed by atoms with E-state index in [0.29, 0.717) is 12.2 Å². The molecule has 0 aliphatic heterocycles. The molecule has 2 aromatic rings. The van der Waals surface area contributed by atoms with Crippen molar-refractivity contribution >= 4 is 17.5 Å². The second-order valence-electron chi connectivity index (χ2n) is 5.59. The number of aryl methyl sites for hydroxylation is 1. The number of carbonyl (C=O) groups excluding carboxylic acids is 2. The fourth-order valence-corrected chi connectivity index (χ4v) is 2.31.